The van der Waals surface area contributed by atoms with E-state index >= 15 is 0 Å². The normalized spacial score (nSPS) is 14.0. The summed E-state index contributed by atoms with van der Waals surface area (Å²) >= 11 is 0. The molecule has 142 valence electrons. The molecule has 0 saturated heterocycles. The molecule has 0 heterocycles. The molecule has 1 rings (SSSR count). The first-order valence-electron chi connectivity index (χ1n) is 9.04. The van der Waals surface area contributed by atoms with E-state index in [0.29, 0.717) is 18.2 Å². The topological polar surface area (TPSA) is 66.5 Å². The molecule has 0 aromatic heterocycles. The molecule has 1 N–H and O–H groups in total. The maximum absolute atomic E-state index is 12.5. The number of carbonyl (C=O) groups excluding carboxylic acids is 1. The molecule has 0 bridgehead atoms. The van der Waals surface area contributed by atoms with Crippen molar-refractivity contribution in [1.82, 2.24) is 5.32 Å². The number of hydrogen-bond acceptors (Lipinski definition) is 3. The van der Waals surface area contributed by atoms with Crippen molar-refractivity contribution in [3.8, 4) is 0 Å². The Morgan fingerprint density at radius 3 is 2.28 bits per heavy atom. The highest BCUT2D eigenvalue weighted by atomic mass is 32.2. The first-order chi connectivity index (χ1) is 11.7. The Kier molecular flexibility index (Phi) is 8.42. The van der Waals surface area contributed by atoms with Gasteiger partial charge in [0.2, 0.25) is 15.9 Å². The van der Waals surface area contributed by atoms with Gasteiger partial charge in [-0.15, -0.1) is 0 Å². The highest BCUT2D eigenvalue weighted by Gasteiger charge is 2.29. The molecule has 0 fully saturated rings. The Labute approximate surface area is 152 Å². The fourth-order valence-corrected chi connectivity index (χ4v) is 4.01. The molecule has 1 amide bonds. The van der Waals surface area contributed by atoms with Crippen LogP contribution in [0.2, 0.25) is 0 Å². The molecule has 5 nitrogen and oxygen atoms in total. The number of unbranched alkanes of at least 4 members (excludes halogenated alkanes) is 1. The number of aryl methyl sites for hydroxylation is 1. The fraction of sp³-hybridized carbons (Fsp3) is 0.632. The first kappa shape index (κ1) is 21.5. The molecule has 6 heteroatoms. The summed E-state index contributed by atoms with van der Waals surface area (Å²) in [6, 6.07) is 6.36. The van der Waals surface area contributed by atoms with Crippen molar-refractivity contribution in [3.05, 3.63) is 29.8 Å². The second-order valence-electron chi connectivity index (χ2n) is 6.73. The number of amides is 1. The summed E-state index contributed by atoms with van der Waals surface area (Å²) in [5.41, 5.74) is 1.55. The maximum atomic E-state index is 12.5. The summed E-state index contributed by atoms with van der Waals surface area (Å²) in [5, 5.41) is 2.93. The van der Waals surface area contributed by atoms with Gasteiger partial charge in [-0.25, -0.2) is 8.42 Å². The lowest BCUT2D eigenvalue weighted by Crippen LogP contribution is -2.48. The third kappa shape index (κ3) is 6.69. The predicted octanol–water partition coefficient (Wildman–Crippen LogP) is 3.48. The lowest BCUT2D eigenvalue weighted by Gasteiger charge is -2.29. The van der Waals surface area contributed by atoms with Gasteiger partial charge in [0, 0.05) is 6.54 Å². The number of rotatable bonds is 10. The van der Waals surface area contributed by atoms with Crippen molar-refractivity contribution in [2.75, 3.05) is 17.1 Å². The Morgan fingerprint density at radius 2 is 1.80 bits per heavy atom. The van der Waals surface area contributed by atoms with Crippen LogP contribution in [0, 0.1) is 12.8 Å². The molecule has 0 aliphatic carbocycles. The smallest absolute Gasteiger partial charge is 0.243 e. The van der Waals surface area contributed by atoms with Gasteiger partial charge in [0.15, 0.2) is 0 Å². The zero-order chi connectivity index (χ0) is 19.0. The molecule has 0 radical (unpaired) electrons. The van der Waals surface area contributed by atoms with E-state index in [1.807, 2.05) is 19.1 Å². The van der Waals surface area contributed by atoms with E-state index in [9.17, 15) is 13.2 Å². The minimum Gasteiger partial charge on any atom is -0.354 e. The summed E-state index contributed by atoms with van der Waals surface area (Å²) in [5.74, 6) is 0.170. The average molecular weight is 369 g/mol. The molecule has 0 aliphatic rings. The number of nitrogens with one attached hydrogen (secondary N) is 1. The molecule has 0 aliphatic heterocycles. The van der Waals surface area contributed by atoms with Crippen LogP contribution in [0.15, 0.2) is 24.3 Å². The summed E-state index contributed by atoms with van der Waals surface area (Å²) < 4.78 is 25.7. The van der Waals surface area contributed by atoms with Crippen LogP contribution in [0.25, 0.3) is 0 Å². The van der Waals surface area contributed by atoms with E-state index in [-0.39, 0.29) is 5.91 Å². The SMILES string of the molecule is CCCCC(CC)CNC(=O)C(C)N(c1ccc(C)cc1)S(C)(=O)=O. The Morgan fingerprint density at radius 1 is 1.20 bits per heavy atom. The van der Waals surface area contributed by atoms with Crippen molar-refractivity contribution in [1.29, 1.82) is 0 Å². The van der Waals surface area contributed by atoms with Gasteiger partial charge < -0.3 is 5.32 Å². The standard InChI is InChI=1S/C19H32N2O3S/c1-6-8-9-17(7-2)14-20-19(22)16(4)21(25(5,23)24)18-12-10-15(3)11-13-18/h10-13,16-17H,6-9,14H2,1-5H3,(H,20,22). The van der Waals surface area contributed by atoms with Crippen LogP contribution in [0.4, 0.5) is 5.69 Å². The second kappa shape index (κ2) is 9.80. The lowest BCUT2D eigenvalue weighted by atomic mass is 9.99. The minimum absolute atomic E-state index is 0.263. The van der Waals surface area contributed by atoms with Gasteiger partial charge >= 0.3 is 0 Å². The average Bonchev–Trinajstić information content (AvgIpc) is 2.55. The molecular formula is C19H32N2O3S. The van der Waals surface area contributed by atoms with Gasteiger partial charge in [-0.2, -0.15) is 0 Å². The molecule has 1 aromatic carbocycles. The largest absolute Gasteiger partial charge is 0.354 e. The summed E-state index contributed by atoms with van der Waals surface area (Å²) in [7, 11) is -3.56. The summed E-state index contributed by atoms with van der Waals surface area (Å²) in [4.78, 5) is 12.5. The minimum atomic E-state index is -3.56. The fourth-order valence-electron chi connectivity index (χ4n) is 2.84. The highest BCUT2D eigenvalue weighted by Crippen LogP contribution is 2.21. The van der Waals surface area contributed by atoms with E-state index in [0.717, 1.165) is 37.5 Å². The maximum Gasteiger partial charge on any atom is 0.243 e. The number of hydrogen-bond donors (Lipinski definition) is 1. The van der Waals surface area contributed by atoms with Crippen molar-refractivity contribution in [3.63, 3.8) is 0 Å². The zero-order valence-corrected chi connectivity index (χ0v) is 16.9. The monoisotopic (exact) mass is 368 g/mol. The molecule has 0 spiro atoms. The first-order valence-corrected chi connectivity index (χ1v) is 10.9. The predicted molar refractivity (Wildman–Crippen MR) is 104 cm³/mol. The molecule has 2 atom stereocenters. The lowest BCUT2D eigenvalue weighted by molar-refractivity contribution is -0.122. The number of carbonyl (C=O) groups is 1. The van der Waals surface area contributed by atoms with Crippen LogP contribution in [0.1, 0.15) is 52.0 Å². The van der Waals surface area contributed by atoms with Crippen LogP contribution in [0.5, 0.6) is 0 Å². The quantitative estimate of drug-likeness (QED) is 0.687. The second-order valence-corrected chi connectivity index (χ2v) is 8.59. The molecular weight excluding hydrogens is 336 g/mol. The molecule has 1 aromatic rings. The Balaban J connectivity index is 2.85. The highest BCUT2D eigenvalue weighted by molar-refractivity contribution is 7.92. The molecule has 25 heavy (non-hydrogen) atoms. The number of benzene rings is 1. The third-order valence-electron chi connectivity index (χ3n) is 4.49. The third-order valence-corrected chi connectivity index (χ3v) is 5.73. The van der Waals surface area contributed by atoms with Crippen molar-refractivity contribution >= 4 is 21.6 Å². The van der Waals surface area contributed by atoms with Gasteiger partial charge in [0.1, 0.15) is 6.04 Å². The van der Waals surface area contributed by atoms with Crippen LogP contribution in [-0.4, -0.2) is 33.2 Å². The molecule has 0 saturated carbocycles. The van der Waals surface area contributed by atoms with E-state index < -0.39 is 16.1 Å². The van der Waals surface area contributed by atoms with Gasteiger partial charge in [-0.3, -0.25) is 9.10 Å². The number of nitrogens with zero attached hydrogens (tertiary/aromatic N) is 1. The molecule has 2 unspecified atom stereocenters. The van der Waals surface area contributed by atoms with Gasteiger partial charge in [-0.1, -0.05) is 50.8 Å². The van der Waals surface area contributed by atoms with E-state index in [2.05, 4.69) is 19.2 Å². The summed E-state index contributed by atoms with van der Waals surface area (Å²) in [6.45, 7) is 8.42. The van der Waals surface area contributed by atoms with Crippen LogP contribution in [0.3, 0.4) is 0 Å². The van der Waals surface area contributed by atoms with Crippen molar-refractivity contribution < 1.29 is 13.2 Å². The van der Waals surface area contributed by atoms with E-state index in [1.54, 1.807) is 19.1 Å². The van der Waals surface area contributed by atoms with Gasteiger partial charge in [0.25, 0.3) is 0 Å². The van der Waals surface area contributed by atoms with Crippen molar-refractivity contribution in [2.24, 2.45) is 5.92 Å². The Bertz CT molecular complexity index is 641. The zero-order valence-electron chi connectivity index (χ0n) is 16.1. The van der Waals surface area contributed by atoms with Crippen molar-refractivity contribution in [2.45, 2.75) is 59.4 Å². The summed E-state index contributed by atoms with van der Waals surface area (Å²) in [6.07, 6.45) is 5.49. The number of sulfonamides is 1. The number of anilines is 1. The van der Waals surface area contributed by atoms with E-state index in [1.165, 1.54) is 4.31 Å². The van der Waals surface area contributed by atoms with Gasteiger partial charge in [0.05, 0.1) is 11.9 Å². The van der Waals surface area contributed by atoms with Crippen LogP contribution < -0.4 is 9.62 Å². The van der Waals surface area contributed by atoms with Crippen LogP contribution >= 0.6 is 0 Å². The van der Waals surface area contributed by atoms with Crippen LogP contribution in [-0.2, 0) is 14.8 Å². The van der Waals surface area contributed by atoms with Gasteiger partial charge in [-0.05, 0) is 38.3 Å². The van der Waals surface area contributed by atoms with E-state index in [4.69, 9.17) is 0 Å². The Hall–Kier alpha value is -1.56.